The van der Waals surface area contributed by atoms with Gasteiger partial charge in [0, 0.05) is 11.6 Å². The normalized spacial score (nSPS) is 11.9. The second kappa shape index (κ2) is 6.12. The number of methoxy groups -OCH3 is 1. The van der Waals surface area contributed by atoms with Crippen molar-refractivity contribution in [3.8, 4) is 5.75 Å². The number of hydrogen-bond acceptors (Lipinski definition) is 4. The van der Waals surface area contributed by atoms with Gasteiger partial charge < -0.3 is 15.2 Å². The van der Waals surface area contributed by atoms with E-state index < -0.39 is 6.04 Å². The zero-order valence-electron chi connectivity index (χ0n) is 9.60. The Morgan fingerprint density at radius 2 is 2.12 bits per heavy atom. The molecule has 4 heteroatoms. The van der Waals surface area contributed by atoms with Crippen molar-refractivity contribution in [2.24, 2.45) is 5.73 Å². The predicted molar refractivity (Wildman–Crippen MR) is 61.2 cm³/mol. The highest BCUT2D eigenvalue weighted by Crippen LogP contribution is 2.25. The van der Waals surface area contributed by atoms with Crippen LogP contribution < -0.4 is 10.5 Å². The van der Waals surface area contributed by atoms with Gasteiger partial charge in [-0.25, -0.2) is 0 Å². The van der Waals surface area contributed by atoms with Crippen molar-refractivity contribution >= 4 is 5.97 Å². The van der Waals surface area contributed by atoms with Crippen molar-refractivity contribution in [2.45, 2.75) is 19.4 Å². The number of benzene rings is 1. The molecule has 0 spiro atoms. The molecule has 1 rings (SSSR count). The van der Waals surface area contributed by atoms with Crippen molar-refractivity contribution in [3.05, 3.63) is 29.8 Å². The molecule has 0 amide bonds. The lowest BCUT2D eigenvalue weighted by Gasteiger charge is -2.14. The largest absolute Gasteiger partial charge is 0.496 e. The van der Waals surface area contributed by atoms with Crippen molar-refractivity contribution in [3.63, 3.8) is 0 Å². The smallest absolute Gasteiger partial charge is 0.307 e. The van der Waals surface area contributed by atoms with E-state index in [4.69, 9.17) is 15.2 Å². The van der Waals surface area contributed by atoms with Crippen molar-refractivity contribution in [2.75, 3.05) is 13.7 Å². The van der Waals surface area contributed by atoms with Crippen molar-refractivity contribution in [1.82, 2.24) is 0 Å². The lowest BCUT2D eigenvalue weighted by atomic mass is 10.0. The first-order chi connectivity index (χ1) is 7.69. The molecule has 2 N–H and O–H groups in total. The first-order valence-corrected chi connectivity index (χ1v) is 5.23. The second-order valence-electron chi connectivity index (χ2n) is 3.36. The maximum absolute atomic E-state index is 11.3. The van der Waals surface area contributed by atoms with Crippen LogP contribution in [-0.4, -0.2) is 19.7 Å². The SMILES string of the molecule is CCOC(=O)CC(N)c1ccccc1OC. The molecule has 0 fully saturated rings. The van der Waals surface area contributed by atoms with Crippen LogP contribution in [0.15, 0.2) is 24.3 Å². The number of esters is 1. The van der Waals surface area contributed by atoms with Crippen LogP contribution in [0.2, 0.25) is 0 Å². The van der Waals surface area contributed by atoms with Gasteiger partial charge in [0.25, 0.3) is 0 Å². The molecule has 16 heavy (non-hydrogen) atoms. The molecular formula is C12H17NO3. The quantitative estimate of drug-likeness (QED) is 0.771. The zero-order chi connectivity index (χ0) is 12.0. The summed E-state index contributed by atoms with van der Waals surface area (Å²) in [6.45, 7) is 2.14. The van der Waals surface area contributed by atoms with Gasteiger partial charge in [0.2, 0.25) is 0 Å². The minimum atomic E-state index is -0.393. The standard InChI is InChI=1S/C12H17NO3/c1-3-16-12(14)8-10(13)9-6-4-5-7-11(9)15-2/h4-7,10H,3,8,13H2,1-2H3. The van der Waals surface area contributed by atoms with E-state index in [0.717, 1.165) is 5.56 Å². The molecule has 0 aromatic heterocycles. The minimum Gasteiger partial charge on any atom is -0.496 e. The number of ether oxygens (including phenoxy) is 2. The molecule has 0 aliphatic carbocycles. The van der Waals surface area contributed by atoms with Gasteiger partial charge in [-0.3, -0.25) is 4.79 Å². The molecule has 88 valence electrons. The van der Waals surface area contributed by atoms with Gasteiger partial charge >= 0.3 is 5.97 Å². The van der Waals surface area contributed by atoms with Crippen LogP contribution in [0.3, 0.4) is 0 Å². The molecule has 0 bridgehead atoms. The van der Waals surface area contributed by atoms with Crippen molar-refractivity contribution < 1.29 is 14.3 Å². The maximum atomic E-state index is 11.3. The van der Waals surface area contributed by atoms with Gasteiger partial charge in [-0.05, 0) is 13.0 Å². The van der Waals surface area contributed by atoms with Crippen LogP contribution >= 0.6 is 0 Å². The highest BCUT2D eigenvalue weighted by atomic mass is 16.5. The fraction of sp³-hybridized carbons (Fsp3) is 0.417. The van der Waals surface area contributed by atoms with Crippen LogP contribution in [0.5, 0.6) is 5.75 Å². The minimum absolute atomic E-state index is 0.161. The van der Waals surface area contributed by atoms with Crippen LogP contribution in [-0.2, 0) is 9.53 Å². The monoisotopic (exact) mass is 223 g/mol. The van der Waals surface area contributed by atoms with Crippen LogP contribution in [0.25, 0.3) is 0 Å². The van der Waals surface area contributed by atoms with E-state index in [0.29, 0.717) is 12.4 Å². The summed E-state index contributed by atoms with van der Waals surface area (Å²) in [5, 5.41) is 0. The lowest BCUT2D eigenvalue weighted by molar-refractivity contribution is -0.143. The maximum Gasteiger partial charge on any atom is 0.307 e. The average Bonchev–Trinajstić information content (AvgIpc) is 2.29. The molecule has 1 atom stereocenters. The fourth-order valence-electron chi connectivity index (χ4n) is 1.48. The Balaban J connectivity index is 2.72. The van der Waals surface area contributed by atoms with E-state index >= 15 is 0 Å². The Labute approximate surface area is 95.3 Å². The molecule has 0 heterocycles. The summed E-state index contributed by atoms with van der Waals surface area (Å²) in [7, 11) is 1.58. The topological polar surface area (TPSA) is 61.5 Å². The predicted octanol–water partition coefficient (Wildman–Crippen LogP) is 1.65. The number of para-hydroxylation sites is 1. The Hall–Kier alpha value is -1.55. The molecule has 0 aliphatic rings. The molecule has 0 saturated heterocycles. The van der Waals surface area contributed by atoms with E-state index in [1.54, 1.807) is 14.0 Å². The summed E-state index contributed by atoms with van der Waals surface area (Å²) in [5.41, 5.74) is 6.74. The Morgan fingerprint density at radius 3 is 2.75 bits per heavy atom. The number of nitrogens with two attached hydrogens (primary N) is 1. The molecule has 4 nitrogen and oxygen atoms in total. The van der Waals surface area contributed by atoms with Crippen molar-refractivity contribution in [1.29, 1.82) is 0 Å². The van der Waals surface area contributed by atoms with E-state index in [2.05, 4.69) is 0 Å². The van der Waals surface area contributed by atoms with Gasteiger partial charge in [-0.2, -0.15) is 0 Å². The number of carbonyl (C=O) groups excluding carboxylic acids is 1. The van der Waals surface area contributed by atoms with E-state index in [-0.39, 0.29) is 12.4 Å². The first-order valence-electron chi connectivity index (χ1n) is 5.23. The molecule has 1 aromatic carbocycles. The van der Waals surface area contributed by atoms with Crippen LogP contribution in [0.1, 0.15) is 24.9 Å². The molecule has 0 aliphatic heterocycles. The molecule has 0 saturated carbocycles. The molecular weight excluding hydrogens is 206 g/mol. The Morgan fingerprint density at radius 1 is 1.44 bits per heavy atom. The van der Waals surface area contributed by atoms with Gasteiger partial charge in [0.1, 0.15) is 5.75 Å². The van der Waals surface area contributed by atoms with Gasteiger partial charge in [-0.15, -0.1) is 0 Å². The Bertz CT molecular complexity index is 352. The van der Waals surface area contributed by atoms with E-state index in [1.807, 2.05) is 24.3 Å². The van der Waals surface area contributed by atoms with Gasteiger partial charge in [0.15, 0.2) is 0 Å². The number of rotatable bonds is 5. The summed E-state index contributed by atoms with van der Waals surface area (Å²) in [6, 6.07) is 7.00. The zero-order valence-corrected chi connectivity index (χ0v) is 9.60. The molecule has 0 radical (unpaired) electrons. The van der Waals surface area contributed by atoms with E-state index in [9.17, 15) is 4.79 Å². The summed E-state index contributed by atoms with van der Waals surface area (Å²) >= 11 is 0. The Kier molecular flexibility index (Phi) is 4.79. The number of carbonyl (C=O) groups is 1. The lowest BCUT2D eigenvalue weighted by Crippen LogP contribution is -2.17. The van der Waals surface area contributed by atoms with E-state index in [1.165, 1.54) is 0 Å². The third-order valence-electron chi connectivity index (χ3n) is 2.23. The highest BCUT2D eigenvalue weighted by molar-refractivity contribution is 5.70. The highest BCUT2D eigenvalue weighted by Gasteiger charge is 2.15. The third-order valence-corrected chi connectivity index (χ3v) is 2.23. The second-order valence-corrected chi connectivity index (χ2v) is 3.36. The molecule has 1 unspecified atom stereocenters. The molecule has 1 aromatic rings. The average molecular weight is 223 g/mol. The number of hydrogen-bond donors (Lipinski definition) is 1. The summed E-state index contributed by atoms with van der Waals surface area (Å²) in [4.78, 5) is 11.3. The van der Waals surface area contributed by atoms with Gasteiger partial charge in [0.05, 0.1) is 20.1 Å². The van der Waals surface area contributed by atoms with Crippen LogP contribution in [0.4, 0.5) is 0 Å². The fourth-order valence-corrected chi connectivity index (χ4v) is 1.48. The summed E-state index contributed by atoms with van der Waals surface area (Å²) in [5.74, 6) is 0.403. The summed E-state index contributed by atoms with van der Waals surface area (Å²) < 4.78 is 10.0. The first kappa shape index (κ1) is 12.5. The van der Waals surface area contributed by atoms with Crippen LogP contribution in [0, 0.1) is 0 Å². The van der Waals surface area contributed by atoms with Gasteiger partial charge in [-0.1, -0.05) is 18.2 Å². The summed E-state index contributed by atoms with van der Waals surface area (Å²) in [6.07, 6.45) is 0.161. The third kappa shape index (κ3) is 3.24.